The lowest BCUT2D eigenvalue weighted by atomic mass is 10.2. The topological polar surface area (TPSA) is 94.8 Å². The minimum atomic E-state index is -0.555. The molecule has 2 rings (SSSR count). The van der Waals surface area contributed by atoms with Crippen molar-refractivity contribution in [1.29, 1.82) is 0 Å². The Balaban J connectivity index is 2.01. The number of rotatable bonds is 4. The average molecular weight is 343 g/mol. The van der Waals surface area contributed by atoms with Crippen LogP contribution in [0, 0.1) is 0 Å². The Kier molecular flexibility index (Phi) is 5.51. The van der Waals surface area contributed by atoms with Crippen LogP contribution in [0.1, 0.15) is 45.5 Å². The molecule has 23 heavy (non-hydrogen) atoms. The smallest absolute Gasteiger partial charge is 0.410 e. The van der Waals surface area contributed by atoms with Crippen molar-refractivity contribution in [3.8, 4) is 0 Å². The summed E-state index contributed by atoms with van der Waals surface area (Å²) in [6, 6.07) is -0.287. The van der Waals surface area contributed by atoms with E-state index in [2.05, 4.69) is 14.9 Å². The molecular formula is C14H21N3O5S. The molecule has 128 valence electrons. The number of thioether (sulfide) groups is 1. The van der Waals surface area contributed by atoms with Crippen LogP contribution < -0.4 is 0 Å². The van der Waals surface area contributed by atoms with Crippen molar-refractivity contribution in [3.63, 3.8) is 0 Å². The molecule has 0 aromatic carbocycles. The maximum absolute atomic E-state index is 12.3. The first-order valence-corrected chi connectivity index (χ1v) is 8.31. The predicted octanol–water partition coefficient (Wildman–Crippen LogP) is 2.41. The molecule has 0 spiro atoms. The van der Waals surface area contributed by atoms with E-state index in [4.69, 9.17) is 9.15 Å². The zero-order chi connectivity index (χ0) is 17.0. The minimum absolute atomic E-state index is 0.0958. The summed E-state index contributed by atoms with van der Waals surface area (Å²) in [4.78, 5) is 25.0. The Hall–Kier alpha value is -1.77. The summed E-state index contributed by atoms with van der Waals surface area (Å²) in [6.45, 7) is 6.06. The zero-order valence-electron chi connectivity index (χ0n) is 13.7. The summed E-state index contributed by atoms with van der Waals surface area (Å²) in [5.74, 6) is 0.0881. The number of carbonyl (C=O) groups excluding carboxylic acids is 2. The third-order valence-corrected chi connectivity index (χ3v) is 3.92. The normalized spacial score (nSPS) is 18.1. The number of amides is 1. The molecule has 0 bridgehead atoms. The molecule has 1 aliphatic heterocycles. The molecule has 1 saturated heterocycles. The molecule has 1 amide bonds. The van der Waals surface area contributed by atoms with E-state index in [0.717, 1.165) is 24.6 Å². The molecule has 1 aliphatic rings. The van der Waals surface area contributed by atoms with Crippen molar-refractivity contribution in [1.82, 2.24) is 15.1 Å². The third kappa shape index (κ3) is 4.85. The van der Waals surface area contributed by atoms with E-state index < -0.39 is 5.60 Å². The van der Waals surface area contributed by atoms with E-state index in [1.54, 1.807) is 4.90 Å². The van der Waals surface area contributed by atoms with E-state index >= 15 is 0 Å². The Morgan fingerprint density at radius 3 is 2.78 bits per heavy atom. The molecular weight excluding hydrogens is 322 g/mol. The van der Waals surface area contributed by atoms with Gasteiger partial charge < -0.3 is 13.9 Å². The van der Waals surface area contributed by atoms with Crippen LogP contribution in [-0.2, 0) is 14.3 Å². The Morgan fingerprint density at radius 1 is 1.39 bits per heavy atom. The molecule has 1 aromatic heterocycles. The highest BCUT2D eigenvalue weighted by molar-refractivity contribution is 7.99. The summed E-state index contributed by atoms with van der Waals surface area (Å²) in [7, 11) is 1.32. The molecule has 0 aliphatic carbocycles. The van der Waals surface area contributed by atoms with E-state index in [1.807, 2.05) is 20.8 Å². The van der Waals surface area contributed by atoms with E-state index in [1.165, 1.54) is 7.11 Å². The standard InChI is InChI=1S/C14H21N3O5S/c1-14(2,3)22-13(19)17-7-5-6-9(17)11-15-16-12(21-11)23-8-10(18)20-4/h9H,5-8H2,1-4H3. The number of aromatic nitrogens is 2. The van der Waals surface area contributed by atoms with Crippen molar-refractivity contribution in [2.24, 2.45) is 0 Å². The van der Waals surface area contributed by atoms with Gasteiger partial charge in [0, 0.05) is 6.54 Å². The first-order valence-electron chi connectivity index (χ1n) is 7.33. The van der Waals surface area contributed by atoms with Gasteiger partial charge in [0.15, 0.2) is 0 Å². The zero-order valence-corrected chi connectivity index (χ0v) is 14.5. The Labute approximate surface area is 138 Å². The number of nitrogens with zero attached hydrogens (tertiary/aromatic N) is 3. The average Bonchev–Trinajstić information content (AvgIpc) is 3.11. The van der Waals surface area contributed by atoms with Crippen LogP contribution >= 0.6 is 11.8 Å². The van der Waals surface area contributed by atoms with E-state index in [0.29, 0.717) is 12.4 Å². The summed E-state index contributed by atoms with van der Waals surface area (Å²) in [5.41, 5.74) is -0.555. The molecule has 1 atom stereocenters. The van der Waals surface area contributed by atoms with Crippen LogP contribution in [0.25, 0.3) is 0 Å². The maximum Gasteiger partial charge on any atom is 0.410 e. The van der Waals surface area contributed by atoms with Gasteiger partial charge in [-0.25, -0.2) is 4.79 Å². The lowest BCUT2D eigenvalue weighted by molar-refractivity contribution is -0.137. The molecule has 1 fully saturated rings. The second-order valence-corrected chi connectivity index (χ2v) is 7.03. The highest BCUT2D eigenvalue weighted by Crippen LogP contribution is 2.33. The molecule has 0 saturated carbocycles. The van der Waals surface area contributed by atoms with Gasteiger partial charge in [0.2, 0.25) is 5.89 Å². The van der Waals surface area contributed by atoms with Crippen LogP contribution in [0.5, 0.6) is 0 Å². The van der Waals surface area contributed by atoms with E-state index in [9.17, 15) is 9.59 Å². The second-order valence-electron chi connectivity index (χ2n) is 6.10. The largest absolute Gasteiger partial charge is 0.468 e. The van der Waals surface area contributed by atoms with Gasteiger partial charge in [0.25, 0.3) is 5.22 Å². The number of carbonyl (C=O) groups is 2. The van der Waals surface area contributed by atoms with Crippen LogP contribution in [0.2, 0.25) is 0 Å². The van der Waals surface area contributed by atoms with E-state index in [-0.39, 0.29) is 29.1 Å². The highest BCUT2D eigenvalue weighted by Gasteiger charge is 2.36. The van der Waals surface area contributed by atoms with Crippen molar-refractivity contribution in [2.75, 3.05) is 19.4 Å². The first-order chi connectivity index (χ1) is 10.8. The lowest BCUT2D eigenvalue weighted by Gasteiger charge is -2.27. The molecule has 8 nitrogen and oxygen atoms in total. The van der Waals surface area contributed by atoms with Crippen molar-refractivity contribution < 1.29 is 23.5 Å². The summed E-state index contributed by atoms with van der Waals surface area (Å²) in [5, 5.41) is 8.17. The van der Waals surface area contributed by atoms with Gasteiger partial charge in [0.1, 0.15) is 17.4 Å². The first kappa shape index (κ1) is 17.6. The van der Waals surface area contributed by atoms with Crippen LogP contribution in [-0.4, -0.2) is 52.2 Å². The molecule has 9 heteroatoms. The second kappa shape index (κ2) is 7.20. The number of methoxy groups -OCH3 is 1. The monoisotopic (exact) mass is 343 g/mol. The SMILES string of the molecule is COC(=O)CSc1nnc(C2CCCN2C(=O)OC(C)(C)C)o1. The number of hydrogen-bond acceptors (Lipinski definition) is 8. The van der Waals surface area contributed by atoms with Crippen LogP contribution in [0.3, 0.4) is 0 Å². The van der Waals surface area contributed by atoms with Crippen molar-refractivity contribution >= 4 is 23.8 Å². The third-order valence-electron chi connectivity index (χ3n) is 3.13. The van der Waals surface area contributed by atoms with Gasteiger partial charge >= 0.3 is 12.1 Å². The number of likely N-dealkylation sites (tertiary alicyclic amines) is 1. The van der Waals surface area contributed by atoms with Gasteiger partial charge in [-0.2, -0.15) is 0 Å². The fourth-order valence-electron chi connectivity index (χ4n) is 2.16. The lowest BCUT2D eigenvalue weighted by Crippen LogP contribution is -2.36. The predicted molar refractivity (Wildman–Crippen MR) is 82.0 cm³/mol. The van der Waals surface area contributed by atoms with Crippen molar-refractivity contribution in [2.45, 2.75) is 50.5 Å². The Morgan fingerprint density at radius 2 is 2.13 bits per heavy atom. The number of esters is 1. The summed E-state index contributed by atoms with van der Waals surface area (Å²) >= 11 is 1.10. The molecule has 0 N–H and O–H groups in total. The van der Waals surface area contributed by atoms with Crippen molar-refractivity contribution in [3.05, 3.63) is 5.89 Å². The molecule has 1 unspecified atom stereocenters. The van der Waals surface area contributed by atoms with Gasteiger partial charge in [-0.1, -0.05) is 11.8 Å². The number of hydrogen-bond donors (Lipinski definition) is 0. The fourth-order valence-corrected chi connectivity index (χ4v) is 2.76. The van der Waals surface area contributed by atoms with Gasteiger partial charge in [0.05, 0.1) is 7.11 Å². The highest BCUT2D eigenvalue weighted by atomic mass is 32.2. The van der Waals surface area contributed by atoms with Gasteiger partial charge in [-0.05, 0) is 33.6 Å². The molecule has 1 aromatic rings. The summed E-state index contributed by atoms with van der Waals surface area (Å²) < 4.78 is 15.5. The van der Waals surface area contributed by atoms with Crippen LogP contribution in [0.15, 0.2) is 9.64 Å². The quantitative estimate of drug-likeness (QED) is 0.607. The van der Waals surface area contributed by atoms with Gasteiger partial charge in [-0.15, -0.1) is 10.2 Å². The molecule has 2 heterocycles. The fraction of sp³-hybridized carbons (Fsp3) is 0.714. The summed E-state index contributed by atoms with van der Waals surface area (Å²) in [6.07, 6.45) is 1.20. The van der Waals surface area contributed by atoms with Crippen LogP contribution in [0.4, 0.5) is 4.79 Å². The van der Waals surface area contributed by atoms with Gasteiger partial charge in [-0.3, -0.25) is 9.69 Å². The number of ether oxygens (including phenoxy) is 2. The minimum Gasteiger partial charge on any atom is -0.468 e. The maximum atomic E-state index is 12.3. The molecule has 0 radical (unpaired) electrons. The Bertz CT molecular complexity index is 569.